The predicted molar refractivity (Wildman–Crippen MR) is 122 cm³/mol. The molecule has 166 valence electrons. The third kappa shape index (κ3) is 4.13. The lowest BCUT2D eigenvalue weighted by atomic mass is 9.76. The van der Waals surface area contributed by atoms with Gasteiger partial charge in [-0.2, -0.15) is 4.98 Å². The van der Waals surface area contributed by atoms with Crippen LogP contribution in [-0.2, 0) is 18.4 Å². The SMILES string of the molecule is CN(C)c1nc(NC2CCC(O)C2)c2c(n1)C1(CC2)CCN(Cc2ccncc2)CC1. The smallest absolute Gasteiger partial charge is 0.227 e. The maximum atomic E-state index is 9.95. The zero-order valence-electron chi connectivity index (χ0n) is 18.7. The standard InChI is InChI=1S/C24H34N6O/c1-29(2)23-27-21-20(22(28-23)26-18-3-4-19(31)15-18)5-8-24(21)9-13-30(14-10-24)16-17-6-11-25-12-7-17/h6-7,11-12,18-19,31H,3-5,8-10,13-16H2,1-2H3,(H,26,27,28). The van der Waals surface area contributed by atoms with E-state index in [9.17, 15) is 5.11 Å². The van der Waals surface area contributed by atoms with Gasteiger partial charge in [-0.25, -0.2) is 4.98 Å². The lowest BCUT2D eigenvalue weighted by Gasteiger charge is -2.39. The lowest BCUT2D eigenvalue weighted by molar-refractivity contribution is 0.150. The Morgan fingerprint density at radius 2 is 1.90 bits per heavy atom. The van der Waals surface area contributed by atoms with Crippen molar-refractivity contribution in [1.82, 2.24) is 19.9 Å². The molecule has 7 heteroatoms. The Morgan fingerprint density at radius 1 is 1.13 bits per heavy atom. The highest BCUT2D eigenvalue weighted by Gasteiger charge is 2.44. The van der Waals surface area contributed by atoms with E-state index in [1.165, 1.54) is 23.2 Å². The molecular formula is C24H34N6O. The fourth-order valence-corrected chi connectivity index (χ4v) is 5.60. The molecule has 2 unspecified atom stereocenters. The first-order valence-corrected chi connectivity index (χ1v) is 11.7. The van der Waals surface area contributed by atoms with E-state index in [2.05, 4.69) is 27.3 Å². The summed E-state index contributed by atoms with van der Waals surface area (Å²) in [5.74, 6) is 1.80. The topological polar surface area (TPSA) is 77.4 Å². The molecule has 2 aromatic rings. The van der Waals surface area contributed by atoms with Crippen LogP contribution in [0.1, 0.15) is 55.3 Å². The van der Waals surface area contributed by atoms with Crippen LogP contribution in [-0.4, -0.2) is 64.3 Å². The van der Waals surface area contributed by atoms with Gasteiger partial charge >= 0.3 is 0 Å². The van der Waals surface area contributed by atoms with Gasteiger partial charge in [0.05, 0.1) is 11.8 Å². The summed E-state index contributed by atoms with van der Waals surface area (Å²) in [6, 6.07) is 4.54. The van der Waals surface area contributed by atoms with E-state index in [1.54, 1.807) is 0 Å². The number of piperidine rings is 1. The van der Waals surface area contributed by atoms with Gasteiger partial charge in [-0.05, 0) is 75.7 Å². The monoisotopic (exact) mass is 422 g/mol. The van der Waals surface area contributed by atoms with Crippen molar-refractivity contribution in [3.63, 3.8) is 0 Å². The number of aromatic nitrogens is 3. The zero-order valence-corrected chi connectivity index (χ0v) is 18.7. The van der Waals surface area contributed by atoms with Crippen LogP contribution in [0.4, 0.5) is 11.8 Å². The number of anilines is 2. The number of nitrogens with zero attached hydrogens (tertiary/aromatic N) is 5. The van der Waals surface area contributed by atoms with E-state index in [-0.39, 0.29) is 11.5 Å². The average Bonchev–Trinajstić information content (AvgIpc) is 3.34. The lowest BCUT2D eigenvalue weighted by Crippen LogP contribution is -2.41. The Morgan fingerprint density at radius 3 is 2.58 bits per heavy atom. The van der Waals surface area contributed by atoms with Crippen molar-refractivity contribution in [2.75, 3.05) is 37.4 Å². The first kappa shape index (κ1) is 20.6. The quantitative estimate of drug-likeness (QED) is 0.767. The molecule has 1 spiro atoms. The van der Waals surface area contributed by atoms with Gasteiger partial charge in [0.2, 0.25) is 5.95 Å². The van der Waals surface area contributed by atoms with Crippen molar-refractivity contribution >= 4 is 11.8 Å². The molecule has 2 aliphatic carbocycles. The van der Waals surface area contributed by atoms with Crippen LogP contribution in [0, 0.1) is 0 Å². The number of nitrogens with one attached hydrogen (secondary N) is 1. The predicted octanol–water partition coefficient (Wildman–Crippen LogP) is 2.74. The van der Waals surface area contributed by atoms with Gasteiger partial charge in [-0.1, -0.05) is 0 Å². The number of aliphatic hydroxyl groups excluding tert-OH is 1. The average molecular weight is 423 g/mol. The fourth-order valence-electron chi connectivity index (χ4n) is 5.60. The van der Waals surface area contributed by atoms with Crippen molar-refractivity contribution in [1.29, 1.82) is 0 Å². The summed E-state index contributed by atoms with van der Waals surface area (Å²) in [6.07, 6.45) is 10.8. The summed E-state index contributed by atoms with van der Waals surface area (Å²) >= 11 is 0. The molecule has 31 heavy (non-hydrogen) atoms. The van der Waals surface area contributed by atoms with Gasteiger partial charge < -0.3 is 15.3 Å². The van der Waals surface area contributed by atoms with Gasteiger partial charge in [-0.15, -0.1) is 0 Å². The normalized spacial score (nSPS) is 25.0. The highest BCUT2D eigenvalue weighted by atomic mass is 16.3. The molecule has 1 saturated heterocycles. The second kappa shape index (κ2) is 8.36. The van der Waals surface area contributed by atoms with Crippen molar-refractivity contribution in [3.8, 4) is 0 Å². The third-order valence-electron chi connectivity index (χ3n) is 7.47. The second-order valence-electron chi connectivity index (χ2n) is 9.81. The number of aliphatic hydroxyl groups is 1. The molecule has 2 fully saturated rings. The van der Waals surface area contributed by atoms with Crippen molar-refractivity contribution < 1.29 is 5.11 Å². The van der Waals surface area contributed by atoms with Gasteiger partial charge in [0.15, 0.2) is 0 Å². The molecule has 0 radical (unpaired) electrons. The Balaban J connectivity index is 1.36. The van der Waals surface area contributed by atoms with E-state index in [0.717, 1.165) is 69.9 Å². The summed E-state index contributed by atoms with van der Waals surface area (Å²) < 4.78 is 0. The van der Waals surface area contributed by atoms with Gasteiger partial charge in [0.25, 0.3) is 0 Å². The second-order valence-corrected chi connectivity index (χ2v) is 9.81. The Labute approximate surface area is 184 Å². The molecule has 5 rings (SSSR count). The number of likely N-dealkylation sites (tertiary alicyclic amines) is 1. The molecule has 2 aromatic heterocycles. The number of rotatable bonds is 5. The zero-order chi connectivity index (χ0) is 21.4. The fraction of sp³-hybridized carbons (Fsp3) is 0.625. The molecule has 2 atom stereocenters. The molecule has 1 saturated carbocycles. The number of hydrogen-bond donors (Lipinski definition) is 2. The van der Waals surface area contributed by atoms with Gasteiger partial charge in [0, 0.05) is 50.1 Å². The highest BCUT2D eigenvalue weighted by molar-refractivity contribution is 5.56. The minimum absolute atomic E-state index is 0.170. The maximum Gasteiger partial charge on any atom is 0.227 e. The van der Waals surface area contributed by atoms with Crippen molar-refractivity contribution in [2.24, 2.45) is 0 Å². The summed E-state index contributed by atoms with van der Waals surface area (Å²) in [5, 5.41) is 13.6. The highest BCUT2D eigenvalue weighted by Crippen LogP contribution is 2.48. The molecule has 2 N–H and O–H groups in total. The molecule has 0 bridgehead atoms. The number of hydrogen-bond acceptors (Lipinski definition) is 7. The van der Waals surface area contributed by atoms with Crippen LogP contribution in [0.25, 0.3) is 0 Å². The van der Waals surface area contributed by atoms with Crippen LogP contribution in [0.5, 0.6) is 0 Å². The molecule has 7 nitrogen and oxygen atoms in total. The molecule has 1 aliphatic heterocycles. The summed E-state index contributed by atoms with van der Waals surface area (Å²) in [7, 11) is 4.04. The number of pyridine rings is 1. The maximum absolute atomic E-state index is 9.95. The summed E-state index contributed by atoms with van der Waals surface area (Å²) in [6.45, 7) is 3.19. The van der Waals surface area contributed by atoms with Crippen LogP contribution in [0.15, 0.2) is 24.5 Å². The minimum atomic E-state index is -0.184. The van der Waals surface area contributed by atoms with Crippen LogP contribution in [0.2, 0.25) is 0 Å². The molecule has 3 aliphatic rings. The number of fused-ring (bicyclic) bond motifs is 2. The van der Waals surface area contributed by atoms with E-state index in [1.807, 2.05) is 31.4 Å². The molecule has 3 heterocycles. The van der Waals surface area contributed by atoms with Gasteiger partial charge in [0.1, 0.15) is 5.82 Å². The summed E-state index contributed by atoms with van der Waals surface area (Å²) in [5.41, 5.74) is 4.09. The van der Waals surface area contributed by atoms with Crippen molar-refractivity contribution in [3.05, 3.63) is 41.3 Å². The molecule has 0 aromatic carbocycles. The molecule has 0 amide bonds. The third-order valence-corrected chi connectivity index (χ3v) is 7.47. The van der Waals surface area contributed by atoms with Crippen LogP contribution in [0.3, 0.4) is 0 Å². The summed E-state index contributed by atoms with van der Waals surface area (Å²) in [4.78, 5) is 18.7. The van der Waals surface area contributed by atoms with E-state index in [0.29, 0.717) is 6.04 Å². The minimum Gasteiger partial charge on any atom is -0.393 e. The van der Waals surface area contributed by atoms with Gasteiger partial charge in [-0.3, -0.25) is 9.88 Å². The first-order valence-electron chi connectivity index (χ1n) is 11.7. The van der Waals surface area contributed by atoms with Crippen LogP contribution >= 0.6 is 0 Å². The van der Waals surface area contributed by atoms with E-state index >= 15 is 0 Å². The van der Waals surface area contributed by atoms with E-state index in [4.69, 9.17) is 9.97 Å². The Bertz CT molecular complexity index is 910. The Kier molecular flexibility index (Phi) is 5.56. The first-order chi connectivity index (χ1) is 15.0. The largest absolute Gasteiger partial charge is 0.393 e. The van der Waals surface area contributed by atoms with E-state index < -0.39 is 0 Å². The Hall–Kier alpha value is -2.25. The molecular weight excluding hydrogens is 388 g/mol. The van der Waals surface area contributed by atoms with Crippen LogP contribution < -0.4 is 10.2 Å². The van der Waals surface area contributed by atoms with Crippen molar-refractivity contribution in [2.45, 2.75) is 69.1 Å².